The lowest BCUT2D eigenvalue weighted by atomic mass is 10.1. The van der Waals surface area contributed by atoms with Gasteiger partial charge in [0.25, 0.3) is 0 Å². The van der Waals surface area contributed by atoms with E-state index < -0.39 is 12.0 Å². The third kappa shape index (κ3) is 3.18. The minimum Gasteiger partial charge on any atom is -0.480 e. The summed E-state index contributed by atoms with van der Waals surface area (Å²) in [6, 6.07) is -0.798. The zero-order valence-corrected chi connectivity index (χ0v) is 7.82. The van der Waals surface area contributed by atoms with E-state index in [1.165, 1.54) is 0 Å². The molecule has 0 aromatic rings. The molecule has 14 heavy (non-hydrogen) atoms. The molecule has 1 rings (SSSR count). The first kappa shape index (κ1) is 10.7. The molecular weight excluding hydrogens is 184 g/mol. The van der Waals surface area contributed by atoms with Crippen LogP contribution in [0.25, 0.3) is 0 Å². The number of hydrogen-bond acceptors (Lipinski definition) is 3. The van der Waals surface area contributed by atoms with Gasteiger partial charge in [0, 0.05) is 18.0 Å². The van der Waals surface area contributed by atoms with Crippen molar-refractivity contribution in [3.63, 3.8) is 0 Å². The summed E-state index contributed by atoms with van der Waals surface area (Å²) in [6.07, 6.45) is 1.97. The van der Waals surface area contributed by atoms with Gasteiger partial charge < -0.3 is 16.2 Å². The smallest absolute Gasteiger partial charge is 0.320 e. The van der Waals surface area contributed by atoms with Gasteiger partial charge >= 0.3 is 5.97 Å². The van der Waals surface area contributed by atoms with Crippen molar-refractivity contribution in [2.24, 2.45) is 5.73 Å². The van der Waals surface area contributed by atoms with Gasteiger partial charge in [-0.2, -0.15) is 0 Å². The van der Waals surface area contributed by atoms with E-state index in [-0.39, 0.29) is 23.9 Å². The van der Waals surface area contributed by atoms with Crippen molar-refractivity contribution >= 4 is 11.9 Å². The zero-order valence-electron chi connectivity index (χ0n) is 7.82. The molecule has 0 radical (unpaired) electrons. The van der Waals surface area contributed by atoms with Gasteiger partial charge in [-0.1, -0.05) is 6.58 Å². The quantitative estimate of drug-likeness (QED) is 0.525. The average Bonchev–Trinajstić information content (AvgIpc) is 2.87. The molecule has 1 fully saturated rings. The molecule has 0 aromatic carbocycles. The second kappa shape index (κ2) is 4.23. The highest BCUT2D eigenvalue weighted by atomic mass is 16.4. The predicted molar refractivity (Wildman–Crippen MR) is 50.5 cm³/mol. The van der Waals surface area contributed by atoms with E-state index in [0.29, 0.717) is 0 Å². The van der Waals surface area contributed by atoms with E-state index in [1.54, 1.807) is 0 Å². The molecule has 1 aliphatic carbocycles. The van der Waals surface area contributed by atoms with Crippen LogP contribution in [0, 0.1) is 0 Å². The van der Waals surface area contributed by atoms with Crippen LogP contribution < -0.4 is 11.1 Å². The number of carbonyl (C=O) groups excluding carboxylic acids is 1. The van der Waals surface area contributed by atoms with E-state index in [2.05, 4.69) is 11.9 Å². The van der Waals surface area contributed by atoms with Crippen LogP contribution in [0.1, 0.15) is 19.3 Å². The van der Waals surface area contributed by atoms with Gasteiger partial charge in [0.1, 0.15) is 6.04 Å². The number of carbonyl (C=O) groups is 2. The lowest BCUT2D eigenvalue weighted by molar-refractivity contribution is -0.138. The van der Waals surface area contributed by atoms with Gasteiger partial charge in [-0.05, 0) is 12.8 Å². The molecular formula is C9H14N2O3. The SMILES string of the molecule is C=C(C[C@H](N)C(=O)O)C(=O)NC1CC1. The van der Waals surface area contributed by atoms with E-state index in [0.717, 1.165) is 12.8 Å². The summed E-state index contributed by atoms with van der Waals surface area (Å²) >= 11 is 0. The summed E-state index contributed by atoms with van der Waals surface area (Å²) in [5.74, 6) is -1.41. The van der Waals surface area contributed by atoms with Crippen LogP contribution in [-0.2, 0) is 9.59 Å². The van der Waals surface area contributed by atoms with Crippen LogP contribution in [0.5, 0.6) is 0 Å². The first-order valence-corrected chi connectivity index (χ1v) is 4.47. The molecule has 78 valence electrons. The average molecular weight is 198 g/mol. The van der Waals surface area contributed by atoms with E-state index in [4.69, 9.17) is 10.8 Å². The largest absolute Gasteiger partial charge is 0.480 e. The molecule has 1 amide bonds. The molecule has 0 aromatic heterocycles. The molecule has 0 bridgehead atoms. The first-order valence-electron chi connectivity index (χ1n) is 4.47. The maximum Gasteiger partial charge on any atom is 0.320 e. The number of carboxylic acid groups (broad SMARTS) is 1. The Hall–Kier alpha value is -1.36. The number of aliphatic carboxylic acids is 1. The van der Waals surface area contributed by atoms with Crippen molar-refractivity contribution in [2.45, 2.75) is 31.3 Å². The fourth-order valence-electron chi connectivity index (χ4n) is 0.961. The van der Waals surface area contributed by atoms with Gasteiger partial charge in [0.05, 0.1) is 0 Å². The van der Waals surface area contributed by atoms with Gasteiger partial charge in [0.2, 0.25) is 5.91 Å². The molecule has 0 saturated heterocycles. The fraction of sp³-hybridized carbons (Fsp3) is 0.556. The molecule has 4 N–H and O–H groups in total. The Kier molecular flexibility index (Phi) is 3.24. The van der Waals surface area contributed by atoms with Gasteiger partial charge in [-0.15, -0.1) is 0 Å². The fourth-order valence-corrected chi connectivity index (χ4v) is 0.961. The monoisotopic (exact) mass is 198 g/mol. The second-order valence-electron chi connectivity index (χ2n) is 3.50. The van der Waals surface area contributed by atoms with Crippen LogP contribution in [0.3, 0.4) is 0 Å². The molecule has 0 aliphatic heterocycles. The highest BCUT2D eigenvalue weighted by Gasteiger charge is 2.25. The summed E-state index contributed by atoms with van der Waals surface area (Å²) in [6.45, 7) is 3.50. The maximum absolute atomic E-state index is 11.3. The zero-order chi connectivity index (χ0) is 10.7. The second-order valence-corrected chi connectivity index (χ2v) is 3.50. The number of rotatable bonds is 5. The third-order valence-corrected chi connectivity index (χ3v) is 2.02. The predicted octanol–water partition coefficient (Wildman–Crippen LogP) is -0.377. The Bertz CT molecular complexity index is 271. The Morgan fingerprint density at radius 3 is 2.57 bits per heavy atom. The topological polar surface area (TPSA) is 92.4 Å². The molecule has 5 heteroatoms. The van der Waals surface area contributed by atoms with Crippen molar-refractivity contribution in [2.75, 3.05) is 0 Å². The van der Waals surface area contributed by atoms with E-state index in [1.807, 2.05) is 0 Å². The van der Waals surface area contributed by atoms with Crippen LogP contribution in [0.2, 0.25) is 0 Å². The Morgan fingerprint density at radius 2 is 2.14 bits per heavy atom. The van der Waals surface area contributed by atoms with Crippen molar-refractivity contribution in [1.29, 1.82) is 0 Å². The number of amides is 1. The van der Waals surface area contributed by atoms with Gasteiger partial charge in [-0.25, -0.2) is 0 Å². The molecule has 0 spiro atoms. The molecule has 0 unspecified atom stereocenters. The van der Waals surface area contributed by atoms with Crippen molar-refractivity contribution < 1.29 is 14.7 Å². The van der Waals surface area contributed by atoms with Crippen molar-refractivity contribution in [3.8, 4) is 0 Å². The summed E-state index contributed by atoms with van der Waals surface area (Å²) < 4.78 is 0. The summed E-state index contributed by atoms with van der Waals surface area (Å²) in [5.41, 5.74) is 5.49. The first-order chi connectivity index (χ1) is 6.50. The Labute approximate surface area is 82.0 Å². The van der Waals surface area contributed by atoms with E-state index >= 15 is 0 Å². The number of nitrogens with two attached hydrogens (primary N) is 1. The van der Waals surface area contributed by atoms with Gasteiger partial charge in [0.15, 0.2) is 0 Å². The van der Waals surface area contributed by atoms with Gasteiger partial charge in [-0.3, -0.25) is 9.59 Å². The number of nitrogens with one attached hydrogen (secondary N) is 1. The van der Waals surface area contributed by atoms with Crippen LogP contribution in [-0.4, -0.2) is 29.1 Å². The minimum atomic E-state index is -1.12. The maximum atomic E-state index is 11.3. The van der Waals surface area contributed by atoms with Crippen molar-refractivity contribution in [3.05, 3.63) is 12.2 Å². The lowest BCUT2D eigenvalue weighted by Crippen LogP contribution is -2.34. The van der Waals surface area contributed by atoms with Crippen LogP contribution >= 0.6 is 0 Å². The molecule has 1 atom stereocenters. The minimum absolute atomic E-state index is 0.00606. The molecule has 1 saturated carbocycles. The highest BCUT2D eigenvalue weighted by molar-refractivity contribution is 5.94. The highest BCUT2D eigenvalue weighted by Crippen LogP contribution is 2.19. The van der Waals surface area contributed by atoms with E-state index in [9.17, 15) is 9.59 Å². The summed E-state index contributed by atoms with van der Waals surface area (Å²) in [5, 5.41) is 11.2. The Morgan fingerprint density at radius 1 is 1.57 bits per heavy atom. The normalized spacial score (nSPS) is 17.2. The third-order valence-electron chi connectivity index (χ3n) is 2.02. The Balaban J connectivity index is 2.32. The number of carboxylic acids is 1. The summed E-state index contributed by atoms with van der Waals surface area (Å²) in [4.78, 5) is 21.7. The molecule has 0 heterocycles. The molecule has 1 aliphatic rings. The van der Waals surface area contributed by atoms with Crippen LogP contribution in [0.4, 0.5) is 0 Å². The van der Waals surface area contributed by atoms with Crippen molar-refractivity contribution in [1.82, 2.24) is 5.32 Å². The lowest BCUT2D eigenvalue weighted by Gasteiger charge is -2.09. The standard InChI is InChI=1S/C9H14N2O3/c1-5(4-7(10)9(13)14)8(12)11-6-2-3-6/h6-7H,1-4,10H2,(H,11,12)(H,13,14)/t7-/m0/s1. The molecule has 5 nitrogen and oxygen atoms in total. The van der Waals surface area contributed by atoms with Crippen LogP contribution in [0.15, 0.2) is 12.2 Å². The number of hydrogen-bond donors (Lipinski definition) is 3. The summed E-state index contributed by atoms with van der Waals surface area (Å²) in [7, 11) is 0.